The first-order valence-electron chi connectivity index (χ1n) is 8.67. The lowest BCUT2D eigenvalue weighted by Crippen LogP contribution is -2.53. The molecule has 0 radical (unpaired) electrons. The van der Waals surface area contributed by atoms with Crippen LogP contribution in [0.25, 0.3) is 10.3 Å². The highest BCUT2D eigenvalue weighted by molar-refractivity contribution is 7.22. The first-order valence-corrected chi connectivity index (χ1v) is 9.49. The molecule has 4 heterocycles. The van der Waals surface area contributed by atoms with Crippen LogP contribution in [0.4, 0.5) is 10.9 Å². The summed E-state index contributed by atoms with van der Waals surface area (Å²) in [6.07, 6.45) is 6.82. The number of rotatable bonds is 3. The summed E-state index contributed by atoms with van der Waals surface area (Å²) >= 11 is 1.61. The monoisotopic (exact) mass is 366 g/mol. The number of nitrogens with zero attached hydrogens (tertiary/aromatic N) is 5. The van der Waals surface area contributed by atoms with Crippen molar-refractivity contribution in [2.24, 2.45) is 0 Å². The number of aromatic nitrogens is 4. The molecule has 0 unspecified atom stereocenters. The van der Waals surface area contributed by atoms with Crippen LogP contribution < -0.4 is 10.2 Å². The van der Waals surface area contributed by atoms with E-state index in [1.165, 1.54) is 0 Å². The number of nitrogens with one attached hydrogen (secondary N) is 1. The molecule has 1 N–H and O–H groups in total. The molecule has 2 aliphatic rings. The summed E-state index contributed by atoms with van der Waals surface area (Å²) in [5, 5.41) is 4.36. The zero-order valence-corrected chi connectivity index (χ0v) is 15.3. The number of pyridine rings is 1. The van der Waals surface area contributed by atoms with Crippen molar-refractivity contribution in [3.8, 4) is 0 Å². The van der Waals surface area contributed by atoms with E-state index in [1.807, 2.05) is 30.9 Å². The van der Waals surface area contributed by atoms with Gasteiger partial charge in [0.25, 0.3) is 0 Å². The van der Waals surface area contributed by atoms with E-state index < -0.39 is 5.41 Å². The number of carbonyl (C=O) groups is 1. The van der Waals surface area contributed by atoms with Crippen LogP contribution in [0, 0.1) is 0 Å². The Kier molecular flexibility index (Phi) is 3.27. The maximum atomic E-state index is 12.9. The number of hydrogen-bond acceptors (Lipinski definition) is 7. The minimum absolute atomic E-state index is 0.0892. The van der Waals surface area contributed by atoms with Crippen molar-refractivity contribution in [2.45, 2.75) is 44.2 Å². The normalized spacial score (nSPS) is 23.8. The lowest BCUT2D eigenvalue weighted by molar-refractivity contribution is -0.123. The second-order valence-corrected chi connectivity index (χ2v) is 8.37. The topological polar surface area (TPSA) is 83.9 Å². The molecule has 1 amide bonds. The van der Waals surface area contributed by atoms with Crippen molar-refractivity contribution < 1.29 is 4.79 Å². The second-order valence-electron chi connectivity index (χ2n) is 7.34. The van der Waals surface area contributed by atoms with Crippen molar-refractivity contribution in [3.05, 3.63) is 36.4 Å². The maximum absolute atomic E-state index is 12.9. The molecular weight excluding hydrogens is 348 g/mol. The molecule has 132 valence electrons. The first kappa shape index (κ1) is 15.6. The molecule has 0 bridgehead atoms. The van der Waals surface area contributed by atoms with Gasteiger partial charge in [0.2, 0.25) is 5.91 Å². The quantitative estimate of drug-likeness (QED) is 0.767. The molecule has 8 heteroatoms. The Hall–Kier alpha value is -2.61. The summed E-state index contributed by atoms with van der Waals surface area (Å²) in [5.41, 5.74) is 0.941. The highest BCUT2D eigenvalue weighted by Crippen LogP contribution is 2.43. The molecule has 7 nitrogen and oxygen atoms in total. The van der Waals surface area contributed by atoms with Crippen LogP contribution in [0.3, 0.4) is 0 Å². The predicted octanol–water partition coefficient (Wildman–Crippen LogP) is 2.75. The van der Waals surface area contributed by atoms with Gasteiger partial charge < -0.3 is 5.32 Å². The number of hydrogen-bond donors (Lipinski definition) is 1. The van der Waals surface area contributed by atoms with Crippen LogP contribution in [-0.2, 0) is 10.2 Å². The number of amides is 1. The van der Waals surface area contributed by atoms with E-state index in [-0.39, 0.29) is 11.9 Å². The van der Waals surface area contributed by atoms with Gasteiger partial charge in [-0.15, -0.1) is 0 Å². The Morgan fingerprint density at radius 1 is 1.19 bits per heavy atom. The van der Waals surface area contributed by atoms with Gasteiger partial charge in [0.05, 0.1) is 15.8 Å². The summed E-state index contributed by atoms with van der Waals surface area (Å²) in [6.45, 7) is 3.84. The van der Waals surface area contributed by atoms with E-state index in [0.29, 0.717) is 6.04 Å². The third-order valence-corrected chi connectivity index (χ3v) is 6.16. The van der Waals surface area contributed by atoms with Crippen LogP contribution in [0.1, 0.15) is 32.4 Å². The van der Waals surface area contributed by atoms with E-state index in [2.05, 4.69) is 25.3 Å². The van der Waals surface area contributed by atoms with Gasteiger partial charge in [0.15, 0.2) is 16.6 Å². The number of fused-ring (bicyclic) bond motifs is 2. The molecule has 0 aromatic carbocycles. The lowest BCUT2D eigenvalue weighted by Gasteiger charge is -2.41. The minimum atomic E-state index is -0.610. The molecule has 3 aromatic rings. The zero-order chi connectivity index (χ0) is 17.9. The van der Waals surface area contributed by atoms with Gasteiger partial charge in [-0.2, -0.15) is 0 Å². The highest BCUT2D eigenvalue weighted by Gasteiger charge is 2.51. The van der Waals surface area contributed by atoms with Crippen LogP contribution in [0.15, 0.2) is 30.7 Å². The van der Waals surface area contributed by atoms with Gasteiger partial charge >= 0.3 is 0 Å². The molecule has 1 fully saturated rings. The molecule has 1 aliphatic carbocycles. The number of thiazole rings is 1. The average molecular weight is 366 g/mol. The fourth-order valence-corrected chi connectivity index (χ4v) is 4.61. The van der Waals surface area contributed by atoms with Gasteiger partial charge in [-0.25, -0.2) is 15.0 Å². The van der Waals surface area contributed by atoms with Gasteiger partial charge in [-0.1, -0.05) is 11.3 Å². The average Bonchev–Trinajstić information content (AvgIpc) is 3.09. The van der Waals surface area contributed by atoms with Gasteiger partial charge in [-0.3, -0.25) is 14.7 Å². The molecule has 26 heavy (non-hydrogen) atoms. The first-order chi connectivity index (χ1) is 12.5. The largest absolute Gasteiger partial charge is 0.359 e. The van der Waals surface area contributed by atoms with E-state index >= 15 is 0 Å². The lowest BCUT2D eigenvalue weighted by atomic mass is 9.85. The summed E-state index contributed by atoms with van der Waals surface area (Å²) in [4.78, 5) is 32.4. The second kappa shape index (κ2) is 5.44. The third-order valence-electron chi connectivity index (χ3n) is 5.22. The highest BCUT2D eigenvalue weighted by atomic mass is 32.1. The Labute approximate surface area is 154 Å². The molecule has 0 saturated heterocycles. The molecule has 1 saturated carbocycles. The smallest absolute Gasteiger partial charge is 0.240 e. The van der Waals surface area contributed by atoms with E-state index in [1.54, 1.807) is 29.9 Å². The zero-order valence-electron chi connectivity index (χ0n) is 14.5. The van der Waals surface area contributed by atoms with Crippen LogP contribution >= 0.6 is 11.3 Å². The fourth-order valence-electron chi connectivity index (χ4n) is 3.71. The molecule has 0 spiro atoms. The molecule has 5 rings (SSSR count). The summed E-state index contributed by atoms with van der Waals surface area (Å²) in [5.74, 6) is 0.807. The van der Waals surface area contributed by atoms with E-state index in [4.69, 9.17) is 0 Å². The van der Waals surface area contributed by atoms with Crippen LogP contribution in [-0.4, -0.2) is 37.9 Å². The fraction of sp³-hybridized carbons (Fsp3) is 0.389. The Morgan fingerprint density at radius 3 is 2.81 bits per heavy atom. The third kappa shape index (κ3) is 2.21. The Balaban J connectivity index is 1.32. The Morgan fingerprint density at radius 2 is 2.00 bits per heavy atom. The molecule has 0 atom stereocenters. The van der Waals surface area contributed by atoms with Crippen molar-refractivity contribution >= 4 is 38.5 Å². The van der Waals surface area contributed by atoms with Crippen LogP contribution in [0.2, 0.25) is 0 Å². The van der Waals surface area contributed by atoms with Gasteiger partial charge in [-0.05, 0) is 38.8 Å². The van der Waals surface area contributed by atoms with Crippen molar-refractivity contribution in [3.63, 3.8) is 0 Å². The minimum Gasteiger partial charge on any atom is -0.359 e. The summed E-state index contributed by atoms with van der Waals surface area (Å²) < 4.78 is 1.08. The number of anilines is 2. The summed E-state index contributed by atoms with van der Waals surface area (Å²) in [7, 11) is 0. The van der Waals surface area contributed by atoms with Gasteiger partial charge in [0, 0.05) is 30.7 Å². The standard InChI is InChI=1S/C18H18N6OS/c1-18(2)13-15(21-7-6-19-13)24(16(18)25)11-8-10(9-11)22-17-23-14-12(26-17)4-3-5-20-14/h3-7,10-11H,8-9H2,1-2H3,(H,20,22,23)/t10-,11-. The van der Waals surface area contributed by atoms with E-state index in [9.17, 15) is 4.79 Å². The Bertz CT molecular complexity index is 977. The molecule has 1 aliphatic heterocycles. The maximum Gasteiger partial charge on any atom is 0.240 e. The van der Waals surface area contributed by atoms with Gasteiger partial charge in [0.1, 0.15) is 0 Å². The van der Waals surface area contributed by atoms with Crippen LogP contribution in [0.5, 0.6) is 0 Å². The SMILES string of the molecule is CC1(C)C(=O)N([C@H]2C[C@H](Nc3nc4ncccc4s3)C2)c2nccnc21. The van der Waals surface area contributed by atoms with Crippen molar-refractivity contribution in [1.82, 2.24) is 19.9 Å². The molecule has 3 aromatic heterocycles. The molecular formula is C18H18N6OS. The van der Waals surface area contributed by atoms with E-state index in [0.717, 1.165) is 39.8 Å². The predicted molar refractivity (Wildman–Crippen MR) is 100 cm³/mol. The van der Waals surface area contributed by atoms with Crippen molar-refractivity contribution in [2.75, 3.05) is 10.2 Å². The number of carbonyl (C=O) groups excluding carboxylic acids is 1. The van der Waals surface area contributed by atoms with Crippen molar-refractivity contribution in [1.29, 1.82) is 0 Å². The summed E-state index contributed by atoms with van der Waals surface area (Å²) in [6, 6.07) is 4.40.